The maximum absolute atomic E-state index is 11.8. The molecule has 1 N–H and O–H groups in total. The van der Waals surface area contributed by atoms with Crippen LogP contribution in [0.4, 0.5) is 0 Å². The highest BCUT2D eigenvalue weighted by Gasteiger charge is 2.11. The molecule has 0 atom stereocenters. The lowest BCUT2D eigenvalue weighted by Gasteiger charge is -2.03. The molecule has 25 heavy (non-hydrogen) atoms. The van der Waals surface area contributed by atoms with Crippen LogP contribution in [0.25, 0.3) is 11.3 Å². The van der Waals surface area contributed by atoms with Crippen LogP contribution >= 0.6 is 34.8 Å². The van der Waals surface area contributed by atoms with Gasteiger partial charge in [-0.2, -0.15) is 5.10 Å². The van der Waals surface area contributed by atoms with Gasteiger partial charge in [-0.15, -0.1) is 0 Å². The number of furan rings is 1. The third-order valence-electron chi connectivity index (χ3n) is 3.06. The standard InChI is InChI=1S/C16H9Cl3N4O2/c17-11-6-13(19)12(18)5-10(11)15-2-1-9(25-15)7-22-23-16(24)14-8-20-3-4-21-14/h1-8H,(H,23,24). The van der Waals surface area contributed by atoms with Crippen molar-refractivity contribution in [1.29, 1.82) is 0 Å². The summed E-state index contributed by atoms with van der Waals surface area (Å²) in [5.74, 6) is 0.422. The second-order valence-corrected chi connectivity index (χ2v) is 5.96. The Balaban J connectivity index is 1.72. The van der Waals surface area contributed by atoms with Crippen LogP contribution in [-0.4, -0.2) is 22.1 Å². The second kappa shape index (κ2) is 7.65. The molecule has 0 aliphatic carbocycles. The van der Waals surface area contributed by atoms with E-state index in [0.29, 0.717) is 32.2 Å². The Morgan fingerprint density at radius 3 is 2.68 bits per heavy atom. The SMILES string of the molecule is O=C(NN=Cc1ccc(-c2cc(Cl)c(Cl)cc2Cl)o1)c1cnccn1. The van der Waals surface area contributed by atoms with Crippen LogP contribution in [0, 0.1) is 0 Å². The van der Waals surface area contributed by atoms with Crippen molar-refractivity contribution in [3.05, 3.63) is 69.4 Å². The van der Waals surface area contributed by atoms with Crippen molar-refractivity contribution in [2.45, 2.75) is 0 Å². The van der Waals surface area contributed by atoms with E-state index in [2.05, 4.69) is 20.5 Å². The Hall–Kier alpha value is -2.41. The smallest absolute Gasteiger partial charge is 0.291 e. The van der Waals surface area contributed by atoms with Crippen LogP contribution in [-0.2, 0) is 0 Å². The summed E-state index contributed by atoms with van der Waals surface area (Å²) in [6.07, 6.45) is 5.57. The third kappa shape index (κ3) is 4.17. The Labute approximate surface area is 157 Å². The molecule has 0 aliphatic heterocycles. The molecule has 9 heteroatoms. The van der Waals surface area contributed by atoms with Crippen LogP contribution in [0.3, 0.4) is 0 Å². The van der Waals surface area contributed by atoms with E-state index >= 15 is 0 Å². The number of aromatic nitrogens is 2. The van der Waals surface area contributed by atoms with E-state index in [0.717, 1.165) is 0 Å². The zero-order chi connectivity index (χ0) is 17.8. The Bertz CT molecular complexity index is 942. The predicted octanol–water partition coefficient (Wildman–Crippen LogP) is 4.46. The first-order valence-electron chi connectivity index (χ1n) is 6.89. The first-order valence-corrected chi connectivity index (χ1v) is 8.02. The van der Waals surface area contributed by atoms with Gasteiger partial charge in [-0.25, -0.2) is 10.4 Å². The molecule has 3 rings (SSSR count). The molecule has 0 aliphatic rings. The summed E-state index contributed by atoms with van der Waals surface area (Å²) in [7, 11) is 0. The number of hydrazone groups is 1. The number of hydrogen-bond acceptors (Lipinski definition) is 5. The lowest BCUT2D eigenvalue weighted by Crippen LogP contribution is -2.18. The highest BCUT2D eigenvalue weighted by Crippen LogP contribution is 2.35. The van der Waals surface area contributed by atoms with Gasteiger partial charge in [-0.3, -0.25) is 9.78 Å². The average Bonchev–Trinajstić information content (AvgIpc) is 3.07. The summed E-state index contributed by atoms with van der Waals surface area (Å²) in [4.78, 5) is 19.4. The minimum absolute atomic E-state index is 0.155. The molecule has 0 saturated heterocycles. The first-order chi connectivity index (χ1) is 12.0. The highest BCUT2D eigenvalue weighted by molar-refractivity contribution is 6.44. The molecule has 1 amide bonds. The zero-order valence-electron chi connectivity index (χ0n) is 12.4. The molecule has 6 nitrogen and oxygen atoms in total. The molecule has 2 aromatic heterocycles. The highest BCUT2D eigenvalue weighted by atomic mass is 35.5. The van der Waals surface area contributed by atoms with Crippen LogP contribution in [0.2, 0.25) is 15.1 Å². The molecule has 0 spiro atoms. The number of rotatable bonds is 4. The lowest BCUT2D eigenvalue weighted by atomic mass is 10.2. The summed E-state index contributed by atoms with van der Waals surface area (Å²) in [6, 6.07) is 6.53. The van der Waals surface area contributed by atoms with Gasteiger partial charge < -0.3 is 4.42 Å². The number of hydrogen-bond donors (Lipinski definition) is 1. The summed E-state index contributed by atoms with van der Waals surface area (Å²) >= 11 is 18.1. The molecule has 0 fully saturated rings. The molecular formula is C16H9Cl3N4O2. The van der Waals surface area contributed by atoms with Gasteiger partial charge in [0.25, 0.3) is 5.91 Å². The van der Waals surface area contributed by atoms with Crippen molar-refractivity contribution in [2.75, 3.05) is 0 Å². The fraction of sp³-hybridized carbons (Fsp3) is 0. The van der Waals surface area contributed by atoms with Gasteiger partial charge in [0.2, 0.25) is 0 Å². The summed E-state index contributed by atoms with van der Waals surface area (Å²) in [5, 5.41) is 4.94. The van der Waals surface area contributed by atoms with Crippen molar-refractivity contribution >= 4 is 46.9 Å². The molecule has 0 bridgehead atoms. The fourth-order valence-electron chi connectivity index (χ4n) is 1.91. The number of nitrogens with zero attached hydrogens (tertiary/aromatic N) is 3. The number of nitrogens with one attached hydrogen (secondary N) is 1. The number of halogens is 3. The molecule has 1 aromatic carbocycles. The summed E-state index contributed by atoms with van der Waals surface area (Å²) in [5.41, 5.74) is 3.08. The number of benzene rings is 1. The monoisotopic (exact) mass is 394 g/mol. The zero-order valence-corrected chi connectivity index (χ0v) is 14.7. The first kappa shape index (κ1) is 17.4. The molecule has 0 saturated carbocycles. The van der Waals surface area contributed by atoms with E-state index in [1.54, 1.807) is 18.2 Å². The van der Waals surface area contributed by atoms with Gasteiger partial charge in [-0.1, -0.05) is 34.8 Å². The molecule has 2 heterocycles. The molecule has 126 valence electrons. The van der Waals surface area contributed by atoms with Crippen LogP contribution < -0.4 is 5.43 Å². The minimum Gasteiger partial charge on any atom is -0.455 e. The number of carbonyl (C=O) groups is 1. The second-order valence-electron chi connectivity index (χ2n) is 4.74. The minimum atomic E-state index is -0.483. The number of amides is 1. The van der Waals surface area contributed by atoms with Crippen molar-refractivity contribution in [3.8, 4) is 11.3 Å². The van der Waals surface area contributed by atoms with Crippen LogP contribution in [0.15, 0.2) is 52.4 Å². The topological polar surface area (TPSA) is 80.4 Å². The average molecular weight is 396 g/mol. The van der Waals surface area contributed by atoms with Crippen molar-refractivity contribution in [2.24, 2.45) is 5.10 Å². The normalized spacial score (nSPS) is 11.0. The quantitative estimate of drug-likeness (QED) is 0.402. The van der Waals surface area contributed by atoms with E-state index in [1.807, 2.05) is 0 Å². The molecule has 0 unspecified atom stereocenters. The van der Waals surface area contributed by atoms with E-state index in [9.17, 15) is 4.79 Å². The summed E-state index contributed by atoms with van der Waals surface area (Å²) < 4.78 is 5.62. The Morgan fingerprint density at radius 2 is 1.92 bits per heavy atom. The van der Waals surface area contributed by atoms with Crippen LogP contribution in [0.1, 0.15) is 16.2 Å². The lowest BCUT2D eigenvalue weighted by molar-refractivity contribution is 0.0949. The van der Waals surface area contributed by atoms with E-state index in [4.69, 9.17) is 39.2 Å². The van der Waals surface area contributed by atoms with Crippen molar-refractivity contribution < 1.29 is 9.21 Å². The number of carbonyl (C=O) groups excluding carboxylic acids is 1. The van der Waals surface area contributed by atoms with Gasteiger partial charge >= 0.3 is 0 Å². The molecular weight excluding hydrogens is 387 g/mol. The van der Waals surface area contributed by atoms with Gasteiger partial charge in [0.05, 0.1) is 27.5 Å². The maximum Gasteiger partial charge on any atom is 0.291 e. The van der Waals surface area contributed by atoms with Crippen LogP contribution in [0.5, 0.6) is 0 Å². The Morgan fingerprint density at radius 1 is 1.12 bits per heavy atom. The van der Waals surface area contributed by atoms with Crippen molar-refractivity contribution in [3.63, 3.8) is 0 Å². The van der Waals surface area contributed by atoms with E-state index in [1.165, 1.54) is 30.9 Å². The van der Waals surface area contributed by atoms with Gasteiger partial charge in [-0.05, 0) is 24.3 Å². The maximum atomic E-state index is 11.8. The molecule has 3 aromatic rings. The van der Waals surface area contributed by atoms with E-state index in [-0.39, 0.29) is 5.69 Å². The largest absolute Gasteiger partial charge is 0.455 e. The van der Waals surface area contributed by atoms with Crippen molar-refractivity contribution in [1.82, 2.24) is 15.4 Å². The predicted molar refractivity (Wildman–Crippen MR) is 96.3 cm³/mol. The Kier molecular flexibility index (Phi) is 5.33. The summed E-state index contributed by atoms with van der Waals surface area (Å²) in [6.45, 7) is 0. The fourth-order valence-corrected chi connectivity index (χ4v) is 2.55. The van der Waals surface area contributed by atoms with Gasteiger partial charge in [0.15, 0.2) is 0 Å². The third-order valence-corrected chi connectivity index (χ3v) is 4.09. The molecule has 0 radical (unpaired) electrons. The van der Waals surface area contributed by atoms with E-state index < -0.39 is 5.91 Å². The van der Waals surface area contributed by atoms with Gasteiger partial charge in [0, 0.05) is 18.0 Å². The van der Waals surface area contributed by atoms with Gasteiger partial charge in [0.1, 0.15) is 17.2 Å².